The molecule has 0 radical (unpaired) electrons. The highest BCUT2D eigenvalue weighted by Gasteiger charge is 2.31. The fraction of sp³-hybridized carbons (Fsp3) is 0.308. The van der Waals surface area contributed by atoms with Gasteiger partial charge in [-0.25, -0.2) is 0 Å². The molecular weight excluding hydrogens is 468 g/mol. The molecule has 0 aliphatic heterocycles. The van der Waals surface area contributed by atoms with Gasteiger partial charge in [0, 0.05) is 22.6 Å². The van der Waals surface area contributed by atoms with Crippen LogP contribution in [0.1, 0.15) is 50.7 Å². The van der Waals surface area contributed by atoms with Gasteiger partial charge < -0.3 is 10.2 Å². The molecule has 0 spiro atoms. The van der Waals surface area contributed by atoms with Crippen LogP contribution < -0.4 is 0 Å². The van der Waals surface area contributed by atoms with Crippen LogP contribution in [0.5, 0.6) is 0 Å². The van der Waals surface area contributed by atoms with Crippen molar-refractivity contribution in [1.82, 2.24) is 0 Å². The normalized spacial score (nSPS) is 13.4. The summed E-state index contributed by atoms with van der Waals surface area (Å²) in [6.45, 7) is 3.37. The maximum absolute atomic E-state index is 10.6. The van der Waals surface area contributed by atoms with Gasteiger partial charge in [0.1, 0.15) is 0 Å². The maximum Gasteiger partial charge on any atom is 0.303 e. The van der Waals surface area contributed by atoms with Gasteiger partial charge in [0.2, 0.25) is 0 Å². The van der Waals surface area contributed by atoms with Gasteiger partial charge in [-0.3, -0.25) is 9.59 Å². The highest BCUT2D eigenvalue weighted by molar-refractivity contribution is 7.81. The highest BCUT2D eigenvalue weighted by Crippen LogP contribution is 2.29. The predicted octanol–water partition coefficient (Wildman–Crippen LogP) is 5.60. The number of thiocarbonyl (C=S) groups is 2. The first-order valence-electron chi connectivity index (χ1n) is 10.4. The lowest BCUT2D eigenvalue weighted by Gasteiger charge is -2.22. The van der Waals surface area contributed by atoms with Crippen LogP contribution in [0, 0.1) is 33.5 Å². The van der Waals surface area contributed by atoms with Crippen LogP contribution in [0.2, 0.25) is 0 Å². The van der Waals surface area contributed by atoms with Crippen molar-refractivity contribution in [2.75, 3.05) is 0 Å². The molecule has 34 heavy (non-hydrogen) atoms. The number of carbonyl (C=O) groups is 2. The van der Waals surface area contributed by atoms with Crippen LogP contribution in [0.25, 0.3) is 0 Å². The zero-order valence-corrected chi connectivity index (χ0v) is 20.7. The maximum atomic E-state index is 10.6. The zero-order chi connectivity index (χ0) is 25.8. The molecule has 2 aromatic carbocycles. The fourth-order valence-electron chi connectivity index (χ4n) is 2.97. The SMILES string of the molecule is CC(C#N)(CCC(=O)O)C(=S)c1ccccc1.CC(C#N)(CCC(=O)O)C(=S)c1ccccc1. The number of hydrogen-bond donors (Lipinski definition) is 2. The molecule has 6 nitrogen and oxygen atoms in total. The lowest BCUT2D eigenvalue weighted by atomic mass is 9.81. The molecule has 2 rings (SSSR count). The van der Waals surface area contributed by atoms with Crippen LogP contribution >= 0.6 is 24.4 Å². The topological polar surface area (TPSA) is 122 Å². The third-order valence-electron chi connectivity index (χ3n) is 5.25. The van der Waals surface area contributed by atoms with E-state index in [0.29, 0.717) is 9.73 Å². The van der Waals surface area contributed by atoms with Gasteiger partial charge in [0.05, 0.1) is 23.0 Å². The van der Waals surface area contributed by atoms with E-state index < -0.39 is 22.8 Å². The van der Waals surface area contributed by atoms with E-state index in [4.69, 9.17) is 34.6 Å². The highest BCUT2D eigenvalue weighted by atomic mass is 32.1. The minimum atomic E-state index is -0.915. The zero-order valence-electron chi connectivity index (χ0n) is 19.0. The summed E-state index contributed by atoms with van der Waals surface area (Å²) in [5, 5.41) is 35.7. The molecule has 8 heteroatoms. The largest absolute Gasteiger partial charge is 0.481 e. The average molecular weight is 495 g/mol. The second kappa shape index (κ2) is 13.3. The molecule has 0 fully saturated rings. The summed E-state index contributed by atoms with van der Waals surface area (Å²) in [7, 11) is 0. The number of benzene rings is 2. The van der Waals surface area contributed by atoms with Crippen LogP contribution in [0.4, 0.5) is 0 Å². The van der Waals surface area contributed by atoms with Crippen LogP contribution in [-0.4, -0.2) is 31.9 Å². The molecule has 2 aromatic rings. The quantitative estimate of drug-likeness (QED) is 0.323. The summed E-state index contributed by atoms with van der Waals surface area (Å²) in [6.07, 6.45) is 0.340. The Balaban J connectivity index is 0.000000340. The lowest BCUT2D eigenvalue weighted by molar-refractivity contribution is -0.138. The number of carboxylic acids is 2. The van der Waals surface area contributed by atoms with E-state index in [9.17, 15) is 20.1 Å². The first-order chi connectivity index (χ1) is 16.0. The third kappa shape index (κ3) is 8.47. The first-order valence-corrected chi connectivity index (χ1v) is 11.3. The Morgan fingerprint density at radius 1 is 0.735 bits per heavy atom. The summed E-state index contributed by atoms with van der Waals surface area (Å²) in [5.74, 6) is -1.83. The smallest absolute Gasteiger partial charge is 0.303 e. The van der Waals surface area contributed by atoms with Gasteiger partial charge in [-0.05, 0) is 37.8 Å². The van der Waals surface area contributed by atoms with Crippen molar-refractivity contribution >= 4 is 46.1 Å². The Hall–Kier alpha value is -3.46. The van der Waals surface area contributed by atoms with Crippen molar-refractivity contribution in [3.8, 4) is 12.1 Å². The molecule has 0 aliphatic carbocycles. The van der Waals surface area contributed by atoms with Crippen LogP contribution in [0.3, 0.4) is 0 Å². The average Bonchev–Trinajstić information content (AvgIpc) is 2.86. The van der Waals surface area contributed by atoms with Crippen molar-refractivity contribution < 1.29 is 19.8 Å². The van der Waals surface area contributed by atoms with Crippen molar-refractivity contribution in [3.63, 3.8) is 0 Å². The minimum absolute atomic E-state index is 0.0585. The Morgan fingerprint density at radius 3 is 1.26 bits per heavy atom. The number of carboxylic acid groups (broad SMARTS) is 2. The molecular formula is C26H26N2O4S2. The van der Waals surface area contributed by atoms with Crippen molar-refractivity contribution in [3.05, 3.63) is 71.8 Å². The third-order valence-corrected chi connectivity index (χ3v) is 6.62. The standard InChI is InChI=1S/2C13H13NO2S/c2*1-13(9-14,8-7-11(15)16)12(17)10-5-3-2-4-6-10/h2*2-6H,7-8H2,1H3,(H,15,16). The molecule has 0 amide bonds. The van der Waals surface area contributed by atoms with Gasteiger partial charge in [0.15, 0.2) is 0 Å². The molecule has 0 heterocycles. The molecule has 2 atom stereocenters. The first kappa shape index (κ1) is 28.6. The van der Waals surface area contributed by atoms with Gasteiger partial charge in [0.25, 0.3) is 0 Å². The summed E-state index contributed by atoms with van der Waals surface area (Å²) < 4.78 is 0. The van der Waals surface area contributed by atoms with Gasteiger partial charge >= 0.3 is 11.9 Å². The van der Waals surface area contributed by atoms with Crippen LogP contribution in [0.15, 0.2) is 60.7 Å². The molecule has 0 saturated heterocycles. The van der Waals surface area contributed by atoms with Crippen molar-refractivity contribution in [2.24, 2.45) is 10.8 Å². The summed E-state index contributed by atoms with van der Waals surface area (Å²) in [4.78, 5) is 22.1. The van der Waals surface area contributed by atoms with E-state index >= 15 is 0 Å². The second-order valence-corrected chi connectivity index (χ2v) is 8.88. The number of rotatable bonds is 10. The van der Waals surface area contributed by atoms with Gasteiger partial charge in [-0.1, -0.05) is 85.1 Å². The molecule has 2 N–H and O–H groups in total. The predicted molar refractivity (Wildman–Crippen MR) is 137 cm³/mol. The van der Waals surface area contributed by atoms with Crippen LogP contribution in [-0.2, 0) is 9.59 Å². The van der Waals surface area contributed by atoms with E-state index in [1.807, 2.05) is 60.7 Å². The van der Waals surface area contributed by atoms with Crippen molar-refractivity contribution in [1.29, 1.82) is 10.5 Å². The number of aliphatic carboxylic acids is 2. The second-order valence-electron chi connectivity index (χ2n) is 8.07. The number of hydrogen-bond acceptors (Lipinski definition) is 6. The Morgan fingerprint density at radius 2 is 1.03 bits per heavy atom. The Bertz CT molecular complexity index is 1020. The Labute approximate surface area is 210 Å². The Kier molecular flexibility index (Phi) is 11.2. The molecule has 0 saturated carbocycles. The summed E-state index contributed by atoms with van der Waals surface area (Å²) in [6, 6.07) is 22.7. The monoisotopic (exact) mass is 494 g/mol. The van der Waals surface area contributed by atoms with E-state index in [1.54, 1.807) is 13.8 Å². The van der Waals surface area contributed by atoms with E-state index in [2.05, 4.69) is 12.1 Å². The van der Waals surface area contributed by atoms with E-state index in [0.717, 1.165) is 11.1 Å². The van der Waals surface area contributed by atoms with Crippen molar-refractivity contribution in [2.45, 2.75) is 39.5 Å². The molecule has 0 aromatic heterocycles. The molecule has 176 valence electrons. The van der Waals surface area contributed by atoms with E-state index in [-0.39, 0.29) is 25.7 Å². The molecule has 0 bridgehead atoms. The fourth-order valence-corrected chi connectivity index (χ4v) is 3.54. The summed E-state index contributed by atoms with van der Waals surface area (Å²) >= 11 is 10.6. The number of nitriles is 2. The molecule has 0 aliphatic rings. The summed E-state index contributed by atoms with van der Waals surface area (Å²) in [5.41, 5.74) is -0.210. The van der Waals surface area contributed by atoms with E-state index in [1.165, 1.54) is 0 Å². The number of nitrogens with zero attached hydrogens (tertiary/aromatic N) is 2. The van der Waals surface area contributed by atoms with Gasteiger partial charge in [-0.15, -0.1) is 0 Å². The minimum Gasteiger partial charge on any atom is -0.481 e. The lowest BCUT2D eigenvalue weighted by Crippen LogP contribution is -2.26. The van der Waals surface area contributed by atoms with Gasteiger partial charge in [-0.2, -0.15) is 10.5 Å². The molecule has 2 unspecified atom stereocenters.